The van der Waals surface area contributed by atoms with Crippen molar-refractivity contribution in [3.05, 3.63) is 21.8 Å². The van der Waals surface area contributed by atoms with E-state index < -0.39 is 35.4 Å². The van der Waals surface area contributed by atoms with Crippen LogP contribution in [-0.2, 0) is 23.8 Å². The van der Waals surface area contributed by atoms with Crippen LogP contribution in [0.3, 0.4) is 0 Å². The highest BCUT2D eigenvalue weighted by Gasteiger charge is 2.44. The standard InChI is InChI=1S/C15H23NO7/c1-4-15(5-2)22-12(13(10-17)23-15)9-11(7-8-16(19)20)14(18)21-6-3/h9-10,12-13H,4-8H2,1-3H3. The Hall–Kier alpha value is -1.80. The third-order valence-electron chi connectivity index (χ3n) is 3.70. The molecule has 0 aromatic carbocycles. The topological polar surface area (TPSA) is 105 Å². The van der Waals surface area contributed by atoms with Crippen LogP contribution in [0.15, 0.2) is 11.6 Å². The summed E-state index contributed by atoms with van der Waals surface area (Å²) in [5.74, 6) is -1.52. The lowest BCUT2D eigenvalue weighted by atomic mass is 10.1. The third-order valence-corrected chi connectivity index (χ3v) is 3.70. The van der Waals surface area contributed by atoms with Crippen LogP contribution in [0.2, 0.25) is 0 Å². The Balaban J connectivity index is 3.00. The monoisotopic (exact) mass is 329 g/mol. The Labute approximate surface area is 134 Å². The summed E-state index contributed by atoms with van der Waals surface area (Å²) in [5.41, 5.74) is 0.118. The van der Waals surface area contributed by atoms with Gasteiger partial charge >= 0.3 is 5.97 Å². The molecule has 0 aliphatic carbocycles. The van der Waals surface area contributed by atoms with Crippen LogP contribution in [0.1, 0.15) is 40.0 Å². The average Bonchev–Trinajstić information content (AvgIpc) is 2.90. The first kappa shape index (κ1) is 19.2. The zero-order chi connectivity index (χ0) is 17.5. The second-order valence-electron chi connectivity index (χ2n) is 5.14. The van der Waals surface area contributed by atoms with Gasteiger partial charge in [0.2, 0.25) is 6.54 Å². The SMILES string of the molecule is CCOC(=O)C(=CC1OC(CC)(CC)OC1C=O)CC[N+](=O)[O-]. The summed E-state index contributed by atoms with van der Waals surface area (Å²) in [4.78, 5) is 33.2. The average molecular weight is 329 g/mol. The van der Waals surface area contributed by atoms with E-state index in [2.05, 4.69) is 0 Å². The van der Waals surface area contributed by atoms with Crippen LogP contribution < -0.4 is 0 Å². The molecule has 2 unspecified atom stereocenters. The molecule has 1 aliphatic heterocycles. The molecule has 0 aromatic rings. The number of esters is 1. The smallest absolute Gasteiger partial charge is 0.334 e. The lowest BCUT2D eigenvalue weighted by Gasteiger charge is -2.24. The van der Waals surface area contributed by atoms with Crippen molar-refractivity contribution in [3.8, 4) is 0 Å². The van der Waals surface area contributed by atoms with Gasteiger partial charge in [-0.3, -0.25) is 10.1 Å². The first-order chi connectivity index (χ1) is 10.9. The Morgan fingerprint density at radius 2 is 1.87 bits per heavy atom. The zero-order valence-corrected chi connectivity index (χ0v) is 13.6. The normalized spacial score (nSPS) is 23.5. The molecule has 0 spiro atoms. The molecule has 0 bridgehead atoms. The van der Waals surface area contributed by atoms with Crippen molar-refractivity contribution in [1.29, 1.82) is 0 Å². The summed E-state index contributed by atoms with van der Waals surface area (Å²) in [6, 6.07) is 0. The van der Waals surface area contributed by atoms with Gasteiger partial charge in [-0.05, 0) is 25.8 Å². The summed E-state index contributed by atoms with van der Waals surface area (Å²) in [7, 11) is 0. The fourth-order valence-electron chi connectivity index (χ4n) is 2.36. The number of carbonyl (C=O) groups is 2. The molecule has 130 valence electrons. The van der Waals surface area contributed by atoms with Gasteiger partial charge < -0.3 is 19.0 Å². The number of nitrogens with zero attached hydrogens (tertiary/aromatic N) is 1. The van der Waals surface area contributed by atoms with E-state index in [1.165, 1.54) is 6.08 Å². The van der Waals surface area contributed by atoms with Crippen molar-refractivity contribution in [1.82, 2.24) is 0 Å². The number of carbonyl (C=O) groups excluding carboxylic acids is 2. The van der Waals surface area contributed by atoms with Gasteiger partial charge in [-0.15, -0.1) is 0 Å². The van der Waals surface area contributed by atoms with E-state index >= 15 is 0 Å². The van der Waals surface area contributed by atoms with E-state index in [-0.39, 0.29) is 18.6 Å². The van der Waals surface area contributed by atoms with E-state index in [0.717, 1.165) is 0 Å². The summed E-state index contributed by atoms with van der Waals surface area (Å²) in [6.07, 6.45) is 1.40. The molecule has 0 amide bonds. The second-order valence-corrected chi connectivity index (χ2v) is 5.14. The molecule has 1 rings (SSSR count). The van der Waals surface area contributed by atoms with Gasteiger partial charge in [0.15, 0.2) is 12.1 Å². The van der Waals surface area contributed by atoms with Crippen LogP contribution in [0.5, 0.6) is 0 Å². The van der Waals surface area contributed by atoms with E-state index in [1.807, 2.05) is 13.8 Å². The van der Waals surface area contributed by atoms with Crippen LogP contribution in [0, 0.1) is 10.1 Å². The maximum atomic E-state index is 11.9. The number of hydrogen-bond donors (Lipinski definition) is 0. The molecule has 8 heteroatoms. The molecule has 2 atom stereocenters. The molecular formula is C15H23NO7. The number of ether oxygens (including phenoxy) is 3. The minimum Gasteiger partial charge on any atom is -0.463 e. The largest absolute Gasteiger partial charge is 0.463 e. The highest BCUT2D eigenvalue weighted by atomic mass is 16.8. The number of hydrogen-bond acceptors (Lipinski definition) is 7. The fraction of sp³-hybridized carbons (Fsp3) is 0.733. The summed E-state index contributed by atoms with van der Waals surface area (Å²) < 4.78 is 16.4. The van der Waals surface area contributed by atoms with E-state index in [9.17, 15) is 19.7 Å². The first-order valence-electron chi connectivity index (χ1n) is 7.71. The highest BCUT2D eigenvalue weighted by molar-refractivity contribution is 5.88. The summed E-state index contributed by atoms with van der Waals surface area (Å²) in [5, 5.41) is 10.6. The Kier molecular flexibility index (Phi) is 7.31. The highest BCUT2D eigenvalue weighted by Crippen LogP contribution is 2.34. The quantitative estimate of drug-likeness (QED) is 0.208. The van der Waals surface area contributed by atoms with E-state index in [0.29, 0.717) is 19.1 Å². The summed E-state index contributed by atoms with van der Waals surface area (Å²) in [6.45, 7) is 5.14. The molecule has 0 aromatic heterocycles. The number of rotatable bonds is 9. The van der Waals surface area contributed by atoms with Crippen LogP contribution in [0.4, 0.5) is 0 Å². The molecule has 1 heterocycles. The Bertz CT molecular complexity index is 470. The van der Waals surface area contributed by atoms with Gasteiger partial charge in [0.25, 0.3) is 0 Å². The second kappa shape index (κ2) is 8.73. The molecule has 0 N–H and O–H groups in total. The van der Waals surface area contributed by atoms with Crippen molar-refractivity contribution in [2.24, 2.45) is 0 Å². The minimum atomic E-state index is -0.879. The maximum absolute atomic E-state index is 11.9. The molecule has 1 saturated heterocycles. The zero-order valence-electron chi connectivity index (χ0n) is 13.6. The summed E-state index contributed by atoms with van der Waals surface area (Å²) >= 11 is 0. The number of nitro groups is 1. The lowest BCUT2D eigenvalue weighted by Crippen LogP contribution is -2.29. The fourth-order valence-corrected chi connectivity index (χ4v) is 2.36. The molecule has 1 aliphatic rings. The molecule has 0 radical (unpaired) electrons. The lowest BCUT2D eigenvalue weighted by molar-refractivity contribution is -0.479. The predicted octanol–water partition coefficient (Wildman–Crippen LogP) is 1.64. The Morgan fingerprint density at radius 3 is 2.35 bits per heavy atom. The van der Waals surface area contributed by atoms with Gasteiger partial charge in [0.05, 0.1) is 6.61 Å². The predicted molar refractivity (Wildman–Crippen MR) is 80.3 cm³/mol. The van der Waals surface area contributed by atoms with Gasteiger partial charge in [-0.25, -0.2) is 4.79 Å². The van der Waals surface area contributed by atoms with Crippen molar-refractivity contribution in [2.75, 3.05) is 13.2 Å². The van der Waals surface area contributed by atoms with Crippen molar-refractivity contribution in [3.63, 3.8) is 0 Å². The molecule has 8 nitrogen and oxygen atoms in total. The van der Waals surface area contributed by atoms with Gasteiger partial charge in [0.1, 0.15) is 12.2 Å². The third kappa shape index (κ3) is 5.11. The van der Waals surface area contributed by atoms with Crippen molar-refractivity contribution < 1.29 is 28.7 Å². The van der Waals surface area contributed by atoms with Gasteiger partial charge in [-0.2, -0.15) is 0 Å². The van der Waals surface area contributed by atoms with Crippen molar-refractivity contribution in [2.45, 2.75) is 58.0 Å². The molecule has 23 heavy (non-hydrogen) atoms. The maximum Gasteiger partial charge on any atom is 0.334 e. The van der Waals surface area contributed by atoms with E-state index in [4.69, 9.17) is 14.2 Å². The molecule has 1 fully saturated rings. The first-order valence-corrected chi connectivity index (χ1v) is 7.71. The van der Waals surface area contributed by atoms with Crippen LogP contribution >= 0.6 is 0 Å². The van der Waals surface area contributed by atoms with Crippen LogP contribution in [0.25, 0.3) is 0 Å². The van der Waals surface area contributed by atoms with Gasteiger partial charge in [0, 0.05) is 16.9 Å². The molecular weight excluding hydrogens is 306 g/mol. The van der Waals surface area contributed by atoms with Crippen LogP contribution in [-0.4, -0.2) is 48.3 Å². The van der Waals surface area contributed by atoms with Gasteiger partial charge in [-0.1, -0.05) is 13.8 Å². The minimum absolute atomic E-state index is 0.0947. The molecule has 0 saturated carbocycles. The van der Waals surface area contributed by atoms with E-state index in [1.54, 1.807) is 6.92 Å². The number of aldehydes is 1. The van der Waals surface area contributed by atoms with Crippen molar-refractivity contribution >= 4 is 12.3 Å². The Morgan fingerprint density at radius 1 is 1.26 bits per heavy atom.